The molecule has 0 aliphatic rings. The van der Waals surface area contributed by atoms with Gasteiger partial charge in [0.15, 0.2) is 0 Å². The minimum atomic E-state index is 0.139. The number of fused-ring (bicyclic) bond motifs is 1. The van der Waals surface area contributed by atoms with Crippen molar-refractivity contribution in [3.63, 3.8) is 0 Å². The molecule has 0 aliphatic heterocycles. The molecule has 0 atom stereocenters. The van der Waals surface area contributed by atoms with Crippen LogP contribution in [-0.2, 0) is 0 Å². The summed E-state index contributed by atoms with van der Waals surface area (Å²) in [5.41, 5.74) is 0.940. The third kappa shape index (κ3) is 1.42. The lowest BCUT2D eigenvalue weighted by atomic mass is 10.2. The van der Waals surface area contributed by atoms with Crippen LogP contribution in [0.5, 0.6) is 0 Å². The zero-order valence-electron chi connectivity index (χ0n) is 7.48. The molecule has 15 heavy (non-hydrogen) atoms. The normalized spacial score (nSPS) is 11.0. The molecule has 5 heteroatoms. The number of halogens is 1. The Balaban J connectivity index is 2.27. The molecule has 0 amide bonds. The Hall–Kier alpha value is -1.39. The number of aromatic nitrogens is 2. The molecule has 3 aromatic rings. The minimum Gasteiger partial charge on any atom is -0.333 e. The van der Waals surface area contributed by atoms with Crippen molar-refractivity contribution < 1.29 is 4.52 Å². The molecule has 0 aliphatic carbocycles. The van der Waals surface area contributed by atoms with E-state index in [4.69, 9.17) is 16.1 Å². The Morgan fingerprint density at radius 1 is 1.27 bits per heavy atom. The summed E-state index contributed by atoms with van der Waals surface area (Å²) in [6.45, 7) is 0. The molecule has 0 saturated heterocycles. The SMILES string of the molecule is Clc1noc(-c2csc3ccccc23)n1. The second-order valence-corrected chi connectivity index (χ2v) is 4.26. The number of rotatable bonds is 1. The lowest BCUT2D eigenvalue weighted by molar-refractivity contribution is 0.431. The second kappa shape index (κ2) is 3.32. The Morgan fingerprint density at radius 2 is 2.13 bits per heavy atom. The molecule has 1 aromatic carbocycles. The van der Waals surface area contributed by atoms with Gasteiger partial charge in [-0.3, -0.25) is 0 Å². The maximum atomic E-state index is 5.62. The van der Waals surface area contributed by atoms with Gasteiger partial charge in [-0.1, -0.05) is 18.2 Å². The van der Waals surface area contributed by atoms with Crippen LogP contribution in [-0.4, -0.2) is 10.1 Å². The van der Waals surface area contributed by atoms with Crippen molar-refractivity contribution in [2.24, 2.45) is 0 Å². The number of hydrogen-bond acceptors (Lipinski definition) is 4. The van der Waals surface area contributed by atoms with Crippen LogP contribution in [0.3, 0.4) is 0 Å². The van der Waals surface area contributed by atoms with E-state index in [0.717, 1.165) is 10.9 Å². The first-order chi connectivity index (χ1) is 7.34. The topological polar surface area (TPSA) is 38.9 Å². The van der Waals surface area contributed by atoms with Gasteiger partial charge in [0.05, 0.1) is 5.56 Å². The summed E-state index contributed by atoms with van der Waals surface area (Å²) in [5.74, 6) is 0.470. The highest BCUT2D eigenvalue weighted by Crippen LogP contribution is 2.32. The van der Waals surface area contributed by atoms with Gasteiger partial charge in [-0.05, 0) is 22.8 Å². The fraction of sp³-hybridized carbons (Fsp3) is 0. The minimum absolute atomic E-state index is 0.139. The van der Waals surface area contributed by atoms with Gasteiger partial charge in [0.25, 0.3) is 11.2 Å². The number of benzene rings is 1. The highest BCUT2D eigenvalue weighted by atomic mass is 35.5. The molecule has 0 N–H and O–H groups in total. The van der Waals surface area contributed by atoms with Crippen LogP contribution >= 0.6 is 22.9 Å². The fourth-order valence-electron chi connectivity index (χ4n) is 1.46. The third-order valence-corrected chi connectivity index (χ3v) is 3.23. The van der Waals surface area contributed by atoms with Crippen LogP contribution in [0.1, 0.15) is 0 Å². The standard InChI is InChI=1S/C10H5ClN2OS/c11-10-12-9(14-13-10)7-5-15-8-4-2-1-3-6(7)8/h1-5H. The van der Waals surface area contributed by atoms with Crippen molar-refractivity contribution in [2.45, 2.75) is 0 Å². The van der Waals surface area contributed by atoms with Crippen molar-refractivity contribution in [3.05, 3.63) is 34.9 Å². The van der Waals surface area contributed by atoms with Gasteiger partial charge >= 0.3 is 0 Å². The van der Waals surface area contributed by atoms with E-state index in [2.05, 4.69) is 16.2 Å². The number of hydrogen-bond donors (Lipinski definition) is 0. The van der Waals surface area contributed by atoms with Crippen molar-refractivity contribution in [3.8, 4) is 11.5 Å². The molecule has 3 rings (SSSR count). The molecule has 0 unspecified atom stereocenters. The van der Waals surface area contributed by atoms with Gasteiger partial charge in [0.2, 0.25) is 0 Å². The third-order valence-electron chi connectivity index (χ3n) is 2.11. The summed E-state index contributed by atoms with van der Waals surface area (Å²) in [7, 11) is 0. The van der Waals surface area contributed by atoms with Gasteiger partial charge in [0, 0.05) is 15.5 Å². The highest BCUT2D eigenvalue weighted by molar-refractivity contribution is 7.17. The maximum absolute atomic E-state index is 5.62. The fourth-order valence-corrected chi connectivity index (χ4v) is 2.50. The summed E-state index contributed by atoms with van der Waals surface area (Å²) in [5, 5.41) is 6.81. The van der Waals surface area contributed by atoms with Crippen molar-refractivity contribution in [2.75, 3.05) is 0 Å². The van der Waals surface area contributed by atoms with E-state index in [0.29, 0.717) is 5.89 Å². The van der Waals surface area contributed by atoms with Gasteiger partial charge in [-0.15, -0.1) is 11.3 Å². The molecule has 3 nitrogen and oxygen atoms in total. The first-order valence-corrected chi connectivity index (χ1v) is 5.56. The molecule has 2 heterocycles. The summed E-state index contributed by atoms with van der Waals surface area (Å²) in [6, 6.07) is 8.07. The Kier molecular flexibility index (Phi) is 1.97. The average molecular weight is 237 g/mol. The first-order valence-electron chi connectivity index (χ1n) is 4.30. The number of nitrogens with zero attached hydrogens (tertiary/aromatic N) is 2. The second-order valence-electron chi connectivity index (χ2n) is 3.01. The Bertz CT molecular complexity index is 616. The van der Waals surface area contributed by atoms with E-state index in [1.165, 1.54) is 4.70 Å². The smallest absolute Gasteiger partial charge is 0.264 e. The lowest BCUT2D eigenvalue weighted by Gasteiger charge is -1.90. The van der Waals surface area contributed by atoms with E-state index in [1.807, 2.05) is 23.6 Å². The lowest BCUT2D eigenvalue weighted by Crippen LogP contribution is -1.73. The Labute approximate surface area is 94.3 Å². The summed E-state index contributed by atoms with van der Waals surface area (Å²) in [4.78, 5) is 4.00. The number of thiophene rings is 1. The monoisotopic (exact) mass is 236 g/mol. The highest BCUT2D eigenvalue weighted by Gasteiger charge is 2.12. The van der Waals surface area contributed by atoms with Crippen LogP contribution in [0.25, 0.3) is 21.5 Å². The van der Waals surface area contributed by atoms with Crippen LogP contribution in [0, 0.1) is 0 Å². The zero-order valence-corrected chi connectivity index (χ0v) is 9.05. The van der Waals surface area contributed by atoms with Crippen molar-refractivity contribution >= 4 is 33.0 Å². The Morgan fingerprint density at radius 3 is 2.93 bits per heavy atom. The molecular weight excluding hydrogens is 232 g/mol. The van der Waals surface area contributed by atoms with E-state index >= 15 is 0 Å². The summed E-state index contributed by atoms with van der Waals surface area (Å²) >= 11 is 7.26. The zero-order chi connectivity index (χ0) is 10.3. The van der Waals surface area contributed by atoms with Crippen LogP contribution in [0.15, 0.2) is 34.2 Å². The van der Waals surface area contributed by atoms with Gasteiger partial charge in [-0.25, -0.2) is 0 Å². The van der Waals surface area contributed by atoms with E-state index in [-0.39, 0.29) is 5.28 Å². The van der Waals surface area contributed by atoms with Crippen molar-refractivity contribution in [1.82, 2.24) is 10.1 Å². The predicted molar refractivity (Wildman–Crippen MR) is 60.1 cm³/mol. The van der Waals surface area contributed by atoms with Gasteiger partial charge < -0.3 is 4.52 Å². The largest absolute Gasteiger partial charge is 0.333 e. The predicted octanol–water partition coefficient (Wildman–Crippen LogP) is 3.60. The molecule has 74 valence electrons. The average Bonchev–Trinajstić information content (AvgIpc) is 2.83. The molecule has 0 fully saturated rings. The molecule has 0 bridgehead atoms. The van der Waals surface area contributed by atoms with E-state index < -0.39 is 0 Å². The first kappa shape index (κ1) is 8.88. The summed E-state index contributed by atoms with van der Waals surface area (Å²) < 4.78 is 6.23. The van der Waals surface area contributed by atoms with Crippen LogP contribution < -0.4 is 0 Å². The van der Waals surface area contributed by atoms with Gasteiger partial charge in [-0.2, -0.15) is 4.98 Å². The van der Waals surface area contributed by atoms with Crippen LogP contribution in [0.2, 0.25) is 5.28 Å². The quantitative estimate of drug-likeness (QED) is 0.648. The maximum Gasteiger partial charge on any atom is 0.264 e. The van der Waals surface area contributed by atoms with Crippen LogP contribution in [0.4, 0.5) is 0 Å². The molecule has 2 aromatic heterocycles. The molecule has 0 spiro atoms. The molecular formula is C10H5ClN2OS. The van der Waals surface area contributed by atoms with E-state index in [9.17, 15) is 0 Å². The molecule has 0 radical (unpaired) electrons. The van der Waals surface area contributed by atoms with Crippen molar-refractivity contribution in [1.29, 1.82) is 0 Å². The van der Waals surface area contributed by atoms with E-state index in [1.54, 1.807) is 11.3 Å². The molecule has 0 saturated carbocycles. The summed E-state index contributed by atoms with van der Waals surface area (Å²) in [6.07, 6.45) is 0. The van der Waals surface area contributed by atoms with Gasteiger partial charge in [0.1, 0.15) is 0 Å².